The van der Waals surface area contributed by atoms with Crippen LogP contribution < -0.4 is 5.32 Å². The number of aliphatic hydroxyl groups is 1. The summed E-state index contributed by atoms with van der Waals surface area (Å²) in [5, 5.41) is 18.4. The molecule has 2 aromatic heterocycles. The molecule has 22 heavy (non-hydrogen) atoms. The molecular formula is C17H27N3OS. The number of aryl methyl sites for hydroxylation is 3. The first kappa shape index (κ1) is 17.2. The monoisotopic (exact) mass is 321 g/mol. The first-order valence-electron chi connectivity index (χ1n) is 7.72. The molecule has 2 unspecified atom stereocenters. The lowest BCUT2D eigenvalue weighted by Crippen LogP contribution is -2.38. The molecule has 0 spiro atoms. The minimum Gasteiger partial charge on any atom is -0.384 e. The second-order valence-electron chi connectivity index (χ2n) is 6.65. The van der Waals surface area contributed by atoms with Crippen LogP contribution in [0.5, 0.6) is 0 Å². The normalized spacial score (nSPS) is 16.0. The molecule has 5 heteroatoms. The smallest absolute Gasteiger partial charge is 0.102 e. The lowest BCUT2D eigenvalue weighted by Gasteiger charge is -2.29. The lowest BCUT2D eigenvalue weighted by atomic mass is 9.93. The van der Waals surface area contributed by atoms with Gasteiger partial charge in [-0.3, -0.25) is 4.68 Å². The number of aromatic nitrogens is 2. The van der Waals surface area contributed by atoms with E-state index < -0.39 is 5.60 Å². The van der Waals surface area contributed by atoms with Crippen molar-refractivity contribution >= 4 is 11.3 Å². The van der Waals surface area contributed by atoms with Crippen LogP contribution in [0.25, 0.3) is 0 Å². The van der Waals surface area contributed by atoms with Crippen LogP contribution in [-0.4, -0.2) is 21.4 Å². The van der Waals surface area contributed by atoms with Crippen LogP contribution >= 0.6 is 11.3 Å². The van der Waals surface area contributed by atoms with Gasteiger partial charge in [0.1, 0.15) is 5.60 Å². The van der Waals surface area contributed by atoms with E-state index in [1.54, 1.807) is 10.9 Å². The Morgan fingerprint density at radius 1 is 1.41 bits per heavy atom. The van der Waals surface area contributed by atoms with Gasteiger partial charge in [0.15, 0.2) is 0 Å². The zero-order valence-electron chi connectivity index (χ0n) is 14.3. The number of hydrogen-bond donors (Lipinski definition) is 2. The lowest BCUT2D eigenvalue weighted by molar-refractivity contribution is 0.0518. The molecule has 0 bridgehead atoms. The maximum Gasteiger partial charge on any atom is 0.102 e. The highest BCUT2D eigenvalue weighted by atomic mass is 32.1. The van der Waals surface area contributed by atoms with Gasteiger partial charge >= 0.3 is 0 Å². The van der Waals surface area contributed by atoms with Crippen molar-refractivity contribution in [1.29, 1.82) is 0 Å². The van der Waals surface area contributed by atoms with Gasteiger partial charge < -0.3 is 10.4 Å². The molecule has 2 N–H and O–H groups in total. The predicted octanol–water partition coefficient (Wildman–Crippen LogP) is 3.29. The summed E-state index contributed by atoms with van der Waals surface area (Å²) in [6.45, 7) is 11.1. The quantitative estimate of drug-likeness (QED) is 0.858. The van der Waals surface area contributed by atoms with Crippen molar-refractivity contribution in [1.82, 2.24) is 15.1 Å². The first-order valence-corrected chi connectivity index (χ1v) is 8.54. The van der Waals surface area contributed by atoms with Crippen molar-refractivity contribution < 1.29 is 5.11 Å². The van der Waals surface area contributed by atoms with E-state index in [1.807, 2.05) is 31.5 Å². The van der Waals surface area contributed by atoms with Gasteiger partial charge in [0.05, 0.1) is 6.20 Å². The standard InChI is InChI=1S/C17H27N3OS/c1-11(2)16(15-7-12(3)22-13(15)4)18-10-17(5,21)14-8-19-20(6)9-14/h7-9,11,16,18,21H,10H2,1-6H3. The molecule has 0 saturated heterocycles. The maximum atomic E-state index is 10.7. The molecule has 0 radical (unpaired) electrons. The largest absolute Gasteiger partial charge is 0.384 e. The number of nitrogens with zero attached hydrogens (tertiary/aromatic N) is 2. The van der Waals surface area contributed by atoms with Crippen LogP contribution in [0.2, 0.25) is 0 Å². The van der Waals surface area contributed by atoms with Gasteiger partial charge in [-0.1, -0.05) is 13.8 Å². The second-order valence-corrected chi connectivity index (χ2v) is 8.11. The Labute approximate surface area is 137 Å². The second kappa shape index (κ2) is 6.52. The molecule has 2 aromatic rings. The summed E-state index contributed by atoms with van der Waals surface area (Å²) in [6, 6.07) is 2.50. The number of hydrogen-bond acceptors (Lipinski definition) is 4. The van der Waals surface area contributed by atoms with Crippen LogP contribution in [0.15, 0.2) is 18.5 Å². The first-order chi connectivity index (χ1) is 10.2. The van der Waals surface area contributed by atoms with E-state index >= 15 is 0 Å². The zero-order chi connectivity index (χ0) is 16.5. The van der Waals surface area contributed by atoms with Crippen molar-refractivity contribution in [3.05, 3.63) is 39.3 Å². The van der Waals surface area contributed by atoms with Crippen LogP contribution in [0.3, 0.4) is 0 Å². The van der Waals surface area contributed by atoms with Gasteiger partial charge in [0, 0.05) is 41.1 Å². The van der Waals surface area contributed by atoms with E-state index in [2.05, 4.69) is 44.2 Å². The summed E-state index contributed by atoms with van der Waals surface area (Å²) >= 11 is 1.83. The van der Waals surface area contributed by atoms with E-state index in [1.165, 1.54) is 15.3 Å². The highest BCUT2D eigenvalue weighted by molar-refractivity contribution is 7.12. The van der Waals surface area contributed by atoms with Gasteiger partial charge in [0.2, 0.25) is 0 Å². The molecule has 0 fully saturated rings. The van der Waals surface area contributed by atoms with E-state index in [0.29, 0.717) is 12.5 Å². The van der Waals surface area contributed by atoms with Gasteiger partial charge in [-0.15, -0.1) is 11.3 Å². The summed E-state index contributed by atoms with van der Waals surface area (Å²) in [5.74, 6) is 0.456. The van der Waals surface area contributed by atoms with Crippen LogP contribution in [-0.2, 0) is 12.6 Å². The molecule has 0 amide bonds. The minimum atomic E-state index is -0.930. The maximum absolute atomic E-state index is 10.7. The summed E-state index contributed by atoms with van der Waals surface area (Å²) in [5.41, 5.74) is 1.25. The molecule has 0 aromatic carbocycles. The van der Waals surface area contributed by atoms with E-state index in [4.69, 9.17) is 0 Å². The van der Waals surface area contributed by atoms with E-state index in [-0.39, 0.29) is 6.04 Å². The fraction of sp³-hybridized carbons (Fsp3) is 0.588. The van der Waals surface area contributed by atoms with Crippen LogP contribution in [0, 0.1) is 19.8 Å². The molecular weight excluding hydrogens is 294 g/mol. The molecule has 2 atom stereocenters. The Kier molecular flexibility index (Phi) is 5.10. The molecule has 4 nitrogen and oxygen atoms in total. The average molecular weight is 321 g/mol. The third-order valence-corrected chi connectivity index (χ3v) is 5.06. The number of nitrogens with one attached hydrogen (secondary N) is 1. The topological polar surface area (TPSA) is 50.1 Å². The summed E-state index contributed by atoms with van der Waals surface area (Å²) in [7, 11) is 1.86. The molecule has 0 aliphatic heterocycles. The summed E-state index contributed by atoms with van der Waals surface area (Å²) in [4.78, 5) is 2.68. The number of rotatable bonds is 6. The summed E-state index contributed by atoms with van der Waals surface area (Å²) in [6.07, 6.45) is 3.60. The number of thiophene rings is 1. The molecule has 0 aliphatic carbocycles. The molecule has 2 heterocycles. The predicted molar refractivity (Wildman–Crippen MR) is 92.2 cm³/mol. The Hall–Kier alpha value is -1.17. The third kappa shape index (κ3) is 3.77. The Morgan fingerprint density at radius 3 is 2.55 bits per heavy atom. The van der Waals surface area contributed by atoms with Gasteiger partial charge in [-0.2, -0.15) is 5.10 Å². The van der Waals surface area contributed by atoms with E-state index in [0.717, 1.165) is 5.56 Å². The van der Waals surface area contributed by atoms with Gasteiger partial charge in [-0.05, 0) is 38.3 Å². The average Bonchev–Trinajstić information content (AvgIpc) is 2.96. The van der Waals surface area contributed by atoms with Crippen molar-refractivity contribution in [3.63, 3.8) is 0 Å². The van der Waals surface area contributed by atoms with Crippen LogP contribution in [0.1, 0.15) is 47.7 Å². The zero-order valence-corrected chi connectivity index (χ0v) is 15.2. The van der Waals surface area contributed by atoms with Crippen molar-refractivity contribution in [2.75, 3.05) is 6.54 Å². The highest BCUT2D eigenvalue weighted by Crippen LogP contribution is 2.31. The van der Waals surface area contributed by atoms with E-state index in [9.17, 15) is 5.11 Å². The van der Waals surface area contributed by atoms with Crippen LogP contribution in [0.4, 0.5) is 0 Å². The Morgan fingerprint density at radius 2 is 2.09 bits per heavy atom. The van der Waals surface area contributed by atoms with Gasteiger partial charge in [-0.25, -0.2) is 0 Å². The summed E-state index contributed by atoms with van der Waals surface area (Å²) < 4.78 is 1.72. The van der Waals surface area contributed by atoms with Gasteiger partial charge in [0.25, 0.3) is 0 Å². The Bertz CT molecular complexity index is 628. The van der Waals surface area contributed by atoms with Crippen molar-refractivity contribution in [3.8, 4) is 0 Å². The Balaban J connectivity index is 2.14. The molecule has 2 rings (SSSR count). The third-order valence-electron chi connectivity index (χ3n) is 4.07. The fourth-order valence-corrected chi connectivity index (χ4v) is 3.75. The van der Waals surface area contributed by atoms with Crippen molar-refractivity contribution in [2.24, 2.45) is 13.0 Å². The molecule has 122 valence electrons. The highest BCUT2D eigenvalue weighted by Gasteiger charge is 2.27. The fourth-order valence-electron chi connectivity index (χ4n) is 2.77. The SMILES string of the molecule is Cc1cc(C(NCC(C)(O)c2cnn(C)c2)C(C)C)c(C)s1. The molecule has 0 saturated carbocycles. The molecule has 0 aliphatic rings. The van der Waals surface area contributed by atoms with Crippen molar-refractivity contribution in [2.45, 2.75) is 46.3 Å². The minimum absolute atomic E-state index is 0.244.